The van der Waals surface area contributed by atoms with Gasteiger partial charge in [0, 0.05) is 18.5 Å². The summed E-state index contributed by atoms with van der Waals surface area (Å²) in [6.07, 6.45) is 12.3. The zero-order chi connectivity index (χ0) is 15.1. The van der Waals surface area contributed by atoms with E-state index < -0.39 is 0 Å². The van der Waals surface area contributed by atoms with Crippen molar-refractivity contribution in [2.24, 2.45) is 5.92 Å². The molecule has 1 fully saturated rings. The third-order valence-electron chi connectivity index (χ3n) is 4.66. The average Bonchev–Trinajstić information content (AvgIpc) is 2.76. The van der Waals surface area contributed by atoms with Gasteiger partial charge in [0.15, 0.2) is 0 Å². The van der Waals surface area contributed by atoms with E-state index in [1.54, 1.807) is 6.33 Å². The first-order chi connectivity index (χ1) is 10.2. The third kappa shape index (κ3) is 4.80. The van der Waals surface area contributed by atoms with Gasteiger partial charge < -0.3 is 5.32 Å². The number of hydrogen-bond acceptors (Lipinski definition) is 3. The molecule has 21 heavy (non-hydrogen) atoms. The molecule has 0 aliphatic heterocycles. The van der Waals surface area contributed by atoms with Crippen molar-refractivity contribution in [2.45, 2.75) is 84.2 Å². The molecule has 1 aliphatic carbocycles. The van der Waals surface area contributed by atoms with Crippen LogP contribution in [0.5, 0.6) is 0 Å². The second-order valence-corrected chi connectivity index (χ2v) is 6.73. The molecular weight excluding hydrogens is 260 g/mol. The van der Waals surface area contributed by atoms with Crippen molar-refractivity contribution in [3.05, 3.63) is 12.2 Å². The highest BCUT2D eigenvalue weighted by atomic mass is 15.3. The number of rotatable bonds is 7. The van der Waals surface area contributed by atoms with Crippen LogP contribution in [-0.4, -0.2) is 27.4 Å². The van der Waals surface area contributed by atoms with E-state index in [1.165, 1.54) is 44.9 Å². The molecule has 1 aromatic heterocycles. The number of hydrogen-bond donors (Lipinski definition) is 1. The SMILES string of the molecule is CCCNC(Cc1ncnn1C(C)C)C1CCCCCC1. The molecule has 1 atom stereocenters. The first kappa shape index (κ1) is 16.5. The Labute approximate surface area is 129 Å². The summed E-state index contributed by atoms with van der Waals surface area (Å²) in [5.41, 5.74) is 0. The summed E-state index contributed by atoms with van der Waals surface area (Å²) < 4.78 is 2.08. The molecule has 1 unspecified atom stereocenters. The minimum Gasteiger partial charge on any atom is -0.313 e. The van der Waals surface area contributed by atoms with E-state index >= 15 is 0 Å². The van der Waals surface area contributed by atoms with Gasteiger partial charge in [-0.15, -0.1) is 0 Å². The van der Waals surface area contributed by atoms with Crippen molar-refractivity contribution in [2.75, 3.05) is 6.54 Å². The Bertz CT molecular complexity index is 391. The van der Waals surface area contributed by atoms with Crippen LogP contribution in [0, 0.1) is 5.92 Å². The second kappa shape index (κ2) is 8.52. The highest BCUT2D eigenvalue weighted by Crippen LogP contribution is 2.27. The molecule has 0 amide bonds. The molecule has 0 bridgehead atoms. The molecule has 120 valence electrons. The smallest absolute Gasteiger partial charge is 0.138 e. The monoisotopic (exact) mass is 292 g/mol. The van der Waals surface area contributed by atoms with Crippen molar-refractivity contribution in [1.29, 1.82) is 0 Å². The zero-order valence-corrected chi connectivity index (χ0v) is 14.0. The van der Waals surface area contributed by atoms with Crippen LogP contribution >= 0.6 is 0 Å². The lowest BCUT2D eigenvalue weighted by Gasteiger charge is -2.27. The molecular formula is C17H32N4. The Balaban J connectivity index is 2.05. The van der Waals surface area contributed by atoms with Gasteiger partial charge in [0.1, 0.15) is 12.2 Å². The van der Waals surface area contributed by atoms with Crippen molar-refractivity contribution < 1.29 is 0 Å². The number of nitrogens with zero attached hydrogens (tertiary/aromatic N) is 3. The topological polar surface area (TPSA) is 42.7 Å². The summed E-state index contributed by atoms with van der Waals surface area (Å²) in [5, 5.41) is 8.18. The molecule has 1 N–H and O–H groups in total. The molecule has 0 radical (unpaired) electrons. The van der Waals surface area contributed by atoms with Gasteiger partial charge in [0.2, 0.25) is 0 Å². The van der Waals surface area contributed by atoms with Crippen molar-refractivity contribution in [3.8, 4) is 0 Å². The molecule has 0 saturated heterocycles. The minimum absolute atomic E-state index is 0.392. The summed E-state index contributed by atoms with van der Waals surface area (Å²) >= 11 is 0. The predicted molar refractivity (Wildman–Crippen MR) is 87.4 cm³/mol. The van der Waals surface area contributed by atoms with E-state index in [4.69, 9.17) is 0 Å². The fourth-order valence-electron chi connectivity index (χ4n) is 3.50. The van der Waals surface area contributed by atoms with Crippen molar-refractivity contribution in [1.82, 2.24) is 20.1 Å². The Kier molecular flexibility index (Phi) is 6.68. The molecule has 0 aromatic carbocycles. The fourth-order valence-corrected chi connectivity index (χ4v) is 3.50. The number of nitrogens with one attached hydrogen (secondary N) is 1. The van der Waals surface area contributed by atoms with Gasteiger partial charge in [0.05, 0.1) is 0 Å². The summed E-state index contributed by atoms with van der Waals surface area (Å²) in [4.78, 5) is 4.52. The molecule has 1 aromatic rings. The quantitative estimate of drug-likeness (QED) is 0.778. The maximum atomic E-state index is 4.52. The Hall–Kier alpha value is -0.900. The van der Waals surface area contributed by atoms with E-state index in [0.717, 1.165) is 24.7 Å². The van der Waals surface area contributed by atoms with Crippen LogP contribution in [-0.2, 0) is 6.42 Å². The standard InChI is InChI=1S/C17H32N4/c1-4-11-18-16(15-9-7-5-6-8-10-15)12-17-19-13-20-21(17)14(2)3/h13-16,18H,4-12H2,1-3H3. The normalized spacial score (nSPS) is 18.9. The van der Waals surface area contributed by atoms with Crippen LogP contribution in [0.4, 0.5) is 0 Å². The zero-order valence-electron chi connectivity index (χ0n) is 14.0. The molecule has 1 heterocycles. The predicted octanol–water partition coefficient (Wildman–Crippen LogP) is 3.74. The molecule has 4 heteroatoms. The van der Waals surface area contributed by atoms with Gasteiger partial charge in [-0.1, -0.05) is 32.6 Å². The molecule has 0 spiro atoms. The Morgan fingerprint density at radius 1 is 1.24 bits per heavy atom. The lowest BCUT2D eigenvalue weighted by atomic mass is 9.89. The lowest BCUT2D eigenvalue weighted by molar-refractivity contribution is 0.308. The first-order valence-corrected chi connectivity index (χ1v) is 8.84. The highest BCUT2D eigenvalue weighted by molar-refractivity contribution is 4.94. The minimum atomic E-state index is 0.392. The highest BCUT2D eigenvalue weighted by Gasteiger charge is 2.24. The van der Waals surface area contributed by atoms with E-state index in [0.29, 0.717) is 12.1 Å². The first-order valence-electron chi connectivity index (χ1n) is 8.84. The largest absolute Gasteiger partial charge is 0.313 e. The van der Waals surface area contributed by atoms with Gasteiger partial charge in [0.25, 0.3) is 0 Å². The van der Waals surface area contributed by atoms with E-state index in [2.05, 4.69) is 40.9 Å². The van der Waals surface area contributed by atoms with Crippen molar-refractivity contribution in [3.63, 3.8) is 0 Å². The Morgan fingerprint density at radius 2 is 1.95 bits per heavy atom. The second-order valence-electron chi connectivity index (χ2n) is 6.73. The summed E-state index contributed by atoms with van der Waals surface area (Å²) in [5.74, 6) is 1.94. The van der Waals surface area contributed by atoms with Gasteiger partial charge >= 0.3 is 0 Å². The van der Waals surface area contributed by atoms with Gasteiger partial charge in [-0.25, -0.2) is 9.67 Å². The van der Waals surface area contributed by atoms with Crippen LogP contribution < -0.4 is 5.32 Å². The lowest BCUT2D eigenvalue weighted by Crippen LogP contribution is -2.39. The summed E-state index contributed by atoms with van der Waals surface area (Å²) in [6, 6.07) is 0.952. The third-order valence-corrected chi connectivity index (χ3v) is 4.66. The maximum Gasteiger partial charge on any atom is 0.138 e. The van der Waals surface area contributed by atoms with Gasteiger partial charge in [-0.3, -0.25) is 0 Å². The van der Waals surface area contributed by atoms with E-state index in [9.17, 15) is 0 Å². The molecule has 1 saturated carbocycles. The van der Waals surface area contributed by atoms with Crippen LogP contribution in [0.15, 0.2) is 6.33 Å². The van der Waals surface area contributed by atoms with Gasteiger partial charge in [-0.2, -0.15) is 5.10 Å². The molecule has 4 nitrogen and oxygen atoms in total. The average molecular weight is 292 g/mol. The Morgan fingerprint density at radius 3 is 2.57 bits per heavy atom. The summed E-state index contributed by atoms with van der Waals surface area (Å²) in [7, 11) is 0. The molecule has 1 aliphatic rings. The van der Waals surface area contributed by atoms with Crippen molar-refractivity contribution >= 4 is 0 Å². The van der Waals surface area contributed by atoms with Gasteiger partial charge in [-0.05, 0) is 45.6 Å². The van der Waals surface area contributed by atoms with Crippen LogP contribution in [0.2, 0.25) is 0 Å². The maximum absolute atomic E-state index is 4.52. The van der Waals surface area contributed by atoms with E-state index in [-0.39, 0.29) is 0 Å². The van der Waals surface area contributed by atoms with Crippen LogP contribution in [0.1, 0.15) is 77.6 Å². The summed E-state index contributed by atoms with van der Waals surface area (Å²) in [6.45, 7) is 7.71. The number of aromatic nitrogens is 3. The van der Waals surface area contributed by atoms with Crippen LogP contribution in [0.3, 0.4) is 0 Å². The van der Waals surface area contributed by atoms with Crippen LogP contribution in [0.25, 0.3) is 0 Å². The van der Waals surface area contributed by atoms with E-state index in [1.807, 2.05) is 0 Å². The fraction of sp³-hybridized carbons (Fsp3) is 0.882. The molecule has 2 rings (SSSR count).